The van der Waals surface area contributed by atoms with Crippen molar-refractivity contribution in [3.05, 3.63) is 12.4 Å². The van der Waals surface area contributed by atoms with Crippen molar-refractivity contribution in [2.45, 2.75) is 9.37 Å². The second-order valence-electron chi connectivity index (χ2n) is 2.40. The van der Waals surface area contributed by atoms with Gasteiger partial charge in [0, 0.05) is 6.07 Å². The zero-order chi connectivity index (χ0) is 10.7. The Morgan fingerprint density at radius 3 is 2.93 bits per heavy atom. The zero-order valence-corrected chi connectivity index (χ0v) is 9.05. The van der Waals surface area contributed by atoms with Crippen LogP contribution in [-0.4, -0.2) is 19.3 Å². The van der Waals surface area contributed by atoms with Crippen LogP contribution in [0.2, 0.25) is 0 Å². The molecular weight excluding hydrogens is 234 g/mol. The molecule has 0 amide bonds. The molecule has 2 aromatic heterocycles. The summed E-state index contributed by atoms with van der Waals surface area (Å²) in [6.07, 6.45) is 1.49. The molecule has 0 aliphatic heterocycles. The third-order valence-electron chi connectivity index (χ3n) is 1.40. The van der Waals surface area contributed by atoms with Gasteiger partial charge in [0.1, 0.15) is 17.2 Å². The second-order valence-corrected chi connectivity index (χ2v) is 4.45. The van der Waals surface area contributed by atoms with E-state index in [1.807, 2.05) is 0 Å². The lowest BCUT2D eigenvalue weighted by Crippen LogP contribution is -2.10. The van der Waals surface area contributed by atoms with Crippen molar-refractivity contribution in [1.29, 1.82) is 0 Å². The van der Waals surface area contributed by atoms with Gasteiger partial charge in [0.2, 0.25) is 5.95 Å². The van der Waals surface area contributed by atoms with Crippen LogP contribution in [0.1, 0.15) is 0 Å². The minimum atomic E-state index is 0.164. The molecule has 0 atom stereocenters. The third-order valence-corrected chi connectivity index (χ3v) is 3.03. The second kappa shape index (κ2) is 4.38. The molecule has 0 saturated heterocycles. The fraction of sp³-hybridized carbons (Fsp3) is 0. The molecule has 0 saturated carbocycles. The van der Waals surface area contributed by atoms with E-state index in [0.717, 1.165) is 4.34 Å². The van der Waals surface area contributed by atoms with Gasteiger partial charge in [0.25, 0.3) is 0 Å². The van der Waals surface area contributed by atoms with Crippen molar-refractivity contribution in [2.75, 3.05) is 11.2 Å². The highest BCUT2D eigenvalue weighted by molar-refractivity contribution is 8.00. The first-order valence-corrected chi connectivity index (χ1v) is 5.42. The van der Waals surface area contributed by atoms with Crippen LogP contribution >= 0.6 is 23.3 Å². The Kier molecular flexibility index (Phi) is 2.94. The van der Waals surface area contributed by atoms with Gasteiger partial charge in [0.05, 0.1) is 0 Å². The predicted molar refractivity (Wildman–Crippen MR) is 58.3 cm³/mol. The van der Waals surface area contributed by atoms with Crippen molar-refractivity contribution >= 4 is 35.1 Å². The standard InChI is InChI=1S/C6H7N7S2/c7-5-11-3(13-8)1-4(12-5)14-6-9-2-10-15-6/h1-2H,8H2,(H3,7,11,12,13). The van der Waals surface area contributed by atoms with Crippen molar-refractivity contribution in [3.8, 4) is 0 Å². The van der Waals surface area contributed by atoms with E-state index in [-0.39, 0.29) is 5.95 Å². The monoisotopic (exact) mass is 241 g/mol. The Morgan fingerprint density at radius 1 is 1.40 bits per heavy atom. The van der Waals surface area contributed by atoms with Gasteiger partial charge >= 0.3 is 0 Å². The number of rotatable bonds is 3. The molecule has 2 aromatic rings. The first-order valence-electron chi connectivity index (χ1n) is 3.83. The maximum Gasteiger partial charge on any atom is 0.223 e. The quantitative estimate of drug-likeness (QED) is 0.400. The molecule has 2 heterocycles. The number of anilines is 2. The van der Waals surface area contributed by atoms with E-state index in [4.69, 9.17) is 11.6 Å². The van der Waals surface area contributed by atoms with Crippen LogP contribution in [0.5, 0.6) is 0 Å². The molecular formula is C6H7N7S2. The minimum absolute atomic E-state index is 0.164. The molecule has 0 fully saturated rings. The van der Waals surface area contributed by atoms with Gasteiger partial charge in [-0.3, -0.25) is 0 Å². The molecule has 15 heavy (non-hydrogen) atoms. The Balaban J connectivity index is 2.24. The van der Waals surface area contributed by atoms with Crippen LogP contribution in [0.3, 0.4) is 0 Å². The van der Waals surface area contributed by atoms with Crippen LogP contribution in [0.4, 0.5) is 11.8 Å². The van der Waals surface area contributed by atoms with Crippen molar-refractivity contribution in [2.24, 2.45) is 5.84 Å². The summed E-state index contributed by atoms with van der Waals surface area (Å²) in [5.41, 5.74) is 7.91. The largest absolute Gasteiger partial charge is 0.368 e. The van der Waals surface area contributed by atoms with Crippen LogP contribution in [0.15, 0.2) is 21.8 Å². The Bertz CT molecular complexity index is 443. The Labute approximate surface area is 93.5 Å². The predicted octanol–water partition coefficient (Wildman–Crippen LogP) is 0.347. The van der Waals surface area contributed by atoms with Crippen molar-refractivity contribution in [1.82, 2.24) is 19.3 Å². The molecule has 2 rings (SSSR count). The summed E-state index contributed by atoms with van der Waals surface area (Å²) < 4.78 is 4.67. The van der Waals surface area contributed by atoms with E-state index in [2.05, 4.69) is 24.8 Å². The molecule has 7 nitrogen and oxygen atoms in total. The SMILES string of the molecule is NNc1cc(Sc2ncns2)nc(N)n1. The summed E-state index contributed by atoms with van der Waals surface area (Å²) in [6.45, 7) is 0. The number of nitrogens with two attached hydrogens (primary N) is 2. The van der Waals surface area contributed by atoms with Crippen LogP contribution in [0.25, 0.3) is 0 Å². The van der Waals surface area contributed by atoms with Crippen molar-refractivity contribution < 1.29 is 0 Å². The lowest BCUT2D eigenvalue weighted by Gasteiger charge is -2.02. The van der Waals surface area contributed by atoms with Crippen LogP contribution in [-0.2, 0) is 0 Å². The Morgan fingerprint density at radius 2 is 2.27 bits per heavy atom. The molecule has 0 bridgehead atoms. The summed E-state index contributed by atoms with van der Waals surface area (Å²) in [6, 6.07) is 1.68. The number of nitrogens with one attached hydrogen (secondary N) is 1. The van der Waals surface area contributed by atoms with Gasteiger partial charge in [-0.15, -0.1) is 0 Å². The maximum absolute atomic E-state index is 5.50. The van der Waals surface area contributed by atoms with Gasteiger partial charge in [-0.1, -0.05) is 0 Å². The normalized spacial score (nSPS) is 10.2. The smallest absolute Gasteiger partial charge is 0.223 e. The van der Waals surface area contributed by atoms with E-state index >= 15 is 0 Å². The number of nitrogen functional groups attached to an aromatic ring is 2. The highest BCUT2D eigenvalue weighted by Crippen LogP contribution is 2.27. The first-order chi connectivity index (χ1) is 7.28. The first kappa shape index (κ1) is 10.1. The van der Waals surface area contributed by atoms with Gasteiger partial charge in [-0.25, -0.2) is 15.8 Å². The molecule has 0 radical (unpaired) electrons. The lowest BCUT2D eigenvalue weighted by atomic mass is 10.6. The molecule has 9 heteroatoms. The van der Waals surface area contributed by atoms with E-state index < -0.39 is 0 Å². The third kappa shape index (κ3) is 2.52. The molecule has 0 aliphatic carbocycles. The number of nitrogens with zero attached hydrogens (tertiary/aromatic N) is 4. The zero-order valence-electron chi connectivity index (χ0n) is 7.41. The average molecular weight is 241 g/mol. The molecule has 0 aliphatic rings. The van der Waals surface area contributed by atoms with E-state index in [0.29, 0.717) is 10.8 Å². The van der Waals surface area contributed by atoms with E-state index in [9.17, 15) is 0 Å². The fourth-order valence-electron chi connectivity index (χ4n) is 0.866. The topological polar surface area (TPSA) is 116 Å². The summed E-state index contributed by atoms with van der Waals surface area (Å²) >= 11 is 2.64. The average Bonchev–Trinajstić information content (AvgIpc) is 2.69. The number of hydrazine groups is 1. The highest BCUT2D eigenvalue weighted by atomic mass is 32.2. The number of hydrogen-bond acceptors (Lipinski definition) is 9. The van der Waals surface area contributed by atoms with Crippen LogP contribution < -0.4 is 17.0 Å². The highest BCUT2D eigenvalue weighted by Gasteiger charge is 2.05. The van der Waals surface area contributed by atoms with E-state index in [1.54, 1.807) is 6.07 Å². The fourth-order valence-corrected chi connectivity index (χ4v) is 2.27. The van der Waals surface area contributed by atoms with Gasteiger partial charge in [-0.05, 0) is 23.3 Å². The molecule has 78 valence electrons. The minimum Gasteiger partial charge on any atom is -0.368 e. The summed E-state index contributed by atoms with van der Waals surface area (Å²) in [5.74, 6) is 5.86. The van der Waals surface area contributed by atoms with Gasteiger partial charge in [0.15, 0.2) is 4.34 Å². The summed E-state index contributed by atoms with van der Waals surface area (Å²) in [7, 11) is 0. The van der Waals surface area contributed by atoms with E-state index in [1.165, 1.54) is 29.6 Å². The molecule has 5 N–H and O–H groups in total. The van der Waals surface area contributed by atoms with Gasteiger partial charge < -0.3 is 11.2 Å². The summed E-state index contributed by atoms with van der Waals surface area (Å²) in [5, 5.41) is 0.673. The number of aromatic nitrogens is 4. The molecule has 0 aromatic carbocycles. The molecule has 0 unspecified atom stereocenters. The lowest BCUT2D eigenvalue weighted by molar-refractivity contribution is 1.05. The Hall–Kier alpha value is -1.45. The van der Waals surface area contributed by atoms with Crippen LogP contribution in [0, 0.1) is 0 Å². The molecule has 0 spiro atoms. The number of hydrogen-bond donors (Lipinski definition) is 3. The maximum atomic E-state index is 5.50. The van der Waals surface area contributed by atoms with Crippen molar-refractivity contribution in [3.63, 3.8) is 0 Å². The summed E-state index contributed by atoms with van der Waals surface area (Å²) in [4.78, 5) is 11.9. The van der Waals surface area contributed by atoms with Gasteiger partial charge in [-0.2, -0.15) is 9.36 Å².